The fourth-order valence-corrected chi connectivity index (χ4v) is 1.74. The summed E-state index contributed by atoms with van der Waals surface area (Å²) in [6.45, 7) is 1.43. The maximum absolute atomic E-state index is 10.6. The van der Waals surface area contributed by atoms with E-state index in [1.165, 1.54) is 24.2 Å². The third-order valence-electron chi connectivity index (χ3n) is 1.55. The van der Waals surface area contributed by atoms with Crippen LogP contribution >= 0.6 is 24.0 Å². The summed E-state index contributed by atoms with van der Waals surface area (Å²) in [4.78, 5) is 10.6. The van der Waals surface area contributed by atoms with Crippen molar-refractivity contribution in [3.63, 3.8) is 0 Å². The molecule has 1 amide bonds. The van der Waals surface area contributed by atoms with Gasteiger partial charge in [0.2, 0.25) is 5.91 Å². The van der Waals surface area contributed by atoms with Gasteiger partial charge in [-0.1, -0.05) is 54.3 Å². The standard InChI is InChI=1S/C10H12N2OS2/c1-8(13)11-12-10(14)15-7-9-5-3-2-4-6-9/h2-6H,7H2,1H3,(H,11,13)(H,12,14). The molecule has 0 saturated heterocycles. The van der Waals surface area contributed by atoms with Gasteiger partial charge in [0.25, 0.3) is 0 Å². The van der Waals surface area contributed by atoms with Crippen LogP contribution in [0.3, 0.4) is 0 Å². The van der Waals surface area contributed by atoms with E-state index in [0.717, 1.165) is 5.75 Å². The summed E-state index contributed by atoms with van der Waals surface area (Å²) in [5.41, 5.74) is 6.28. The van der Waals surface area contributed by atoms with Gasteiger partial charge in [-0.2, -0.15) is 0 Å². The fraction of sp³-hybridized carbons (Fsp3) is 0.200. The third-order valence-corrected chi connectivity index (χ3v) is 2.85. The van der Waals surface area contributed by atoms with E-state index < -0.39 is 0 Å². The summed E-state index contributed by atoms with van der Waals surface area (Å²) in [5, 5.41) is 0. The van der Waals surface area contributed by atoms with Gasteiger partial charge in [0.15, 0.2) is 4.32 Å². The Morgan fingerprint density at radius 2 is 2.00 bits per heavy atom. The lowest BCUT2D eigenvalue weighted by Gasteiger charge is -2.06. The summed E-state index contributed by atoms with van der Waals surface area (Å²) in [7, 11) is 0. The molecule has 3 nitrogen and oxygen atoms in total. The Balaban J connectivity index is 2.26. The molecule has 80 valence electrons. The molecule has 0 aliphatic heterocycles. The molecule has 1 aromatic rings. The molecule has 0 bridgehead atoms. The number of nitrogens with one attached hydrogen (secondary N) is 2. The highest BCUT2D eigenvalue weighted by atomic mass is 32.2. The highest BCUT2D eigenvalue weighted by Gasteiger charge is 1.98. The van der Waals surface area contributed by atoms with E-state index in [0.29, 0.717) is 4.32 Å². The van der Waals surface area contributed by atoms with Crippen LogP contribution in [0, 0.1) is 0 Å². The van der Waals surface area contributed by atoms with E-state index >= 15 is 0 Å². The number of hydrazine groups is 1. The number of carbonyl (C=O) groups is 1. The first kappa shape index (κ1) is 12.0. The quantitative estimate of drug-likeness (QED) is 0.611. The molecule has 1 rings (SSSR count). The Labute approximate surface area is 98.6 Å². The van der Waals surface area contributed by atoms with E-state index in [-0.39, 0.29) is 5.91 Å². The molecular formula is C10H12N2OS2. The Morgan fingerprint density at radius 1 is 1.33 bits per heavy atom. The van der Waals surface area contributed by atoms with Crippen LogP contribution in [0.2, 0.25) is 0 Å². The summed E-state index contributed by atoms with van der Waals surface area (Å²) in [6.07, 6.45) is 0. The van der Waals surface area contributed by atoms with Crippen LogP contribution in [0.5, 0.6) is 0 Å². The van der Waals surface area contributed by atoms with Crippen LogP contribution < -0.4 is 10.9 Å². The van der Waals surface area contributed by atoms with Gasteiger partial charge in [-0.3, -0.25) is 15.6 Å². The van der Waals surface area contributed by atoms with Crippen LogP contribution in [0.1, 0.15) is 12.5 Å². The predicted octanol–water partition coefficient (Wildman–Crippen LogP) is 1.85. The van der Waals surface area contributed by atoms with Gasteiger partial charge in [0, 0.05) is 12.7 Å². The van der Waals surface area contributed by atoms with Gasteiger partial charge in [0.05, 0.1) is 0 Å². The van der Waals surface area contributed by atoms with Crippen molar-refractivity contribution in [2.45, 2.75) is 12.7 Å². The molecule has 0 saturated carbocycles. The van der Waals surface area contributed by atoms with E-state index in [4.69, 9.17) is 12.2 Å². The van der Waals surface area contributed by atoms with Crippen LogP contribution in [0.4, 0.5) is 0 Å². The van der Waals surface area contributed by atoms with Gasteiger partial charge in [-0.25, -0.2) is 0 Å². The minimum absolute atomic E-state index is 0.155. The van der Waals surface area contributed by atoms with Crippen LogP contribution in [-0.4, -0.2) is 10.2 Å². The Bertz CT molecular complexity index is 341. The topological polar surface area (TPSA) is 41.1 Å². The second kappa shape index (κ2) is 6.42. The molecule has 0 atom stereocenters. The molecule has 0 fully saturated rings. The smallest absolute Gasteiger partial charge is 0.235 e. The van der Waals surface area contributed by atoms with Gasteiger partial charge in [0.1, 0.15) is 0 Å². The molecule has 0 unspecified atom stereocenters. The Hall–Kier alpha value is -1.07. The molecule has 0 aromatic heterocycles. The van der Waals surface area contributed by atoms with Crippen molar-refractivity contribution >= 4 is 34.2 Å². The van der Waals surface area contributed by atoms with Crippen LogP contribution in [-0.2, 0) is 10.5 Å². The van der Waals surface area contributed by atoms with E-state index in [1.54, 1.807) is 0 Å². The molecule has 0 heterocycles. The summed E-state index contributed by atoms with van der Waals surface area (Å²) < 4.78 is 0.564. The van der Waals surface area contributed by atoms with Crippen molar-refractivity contribution in [2.24, 2.45) is 0 Å². The average molecular weight is 240 g/mol. The highest BCUT2D eigenvalue weighted by molar-refractivity contribution is 8.22. The summed E-state index contributed by atoms with van der Waals surface area (Å²) in [5.74, 6) is 0.643. The zero-order valence-electron chi connectivity index (χ0n) is 8.32. The lowest BCUT2D eigenvalue weighted by atomic mass is 10.2. The fourth-order valence-electron chi connectivity index (χ4n) is 0.898. The first-order chi connectivity index (χ1) is 7.18. The van der Waals surface area contributed by atoms with Crippen molar-refractivity contribution in [3.05, 3.63) is 35.9 Å². The minimum Gasteiger partial charge on any atom is -0.283 e. The number of hydrogen-bond donors (Lipinski definition) is 2. The van der Waals surface area contributed by atoms with Crippen molar-refractivity contribution in [1.29, 1.82) is 0 Å². The van der Waals surface area contributed by atoms with Gasteiger partial charge >= 0.3 is 0 Å². The van der Waals surface area contributed by atoms with E-state index in [1.807, 2.05) is 30.3 Å². The number of carbonyl (C=O) groups excluding carboxylic acids is 1. The van der Waals surface area contributed by atoms with Gasteiger partial charge < -0.3 is 0 Å². The molecule has 5 heteroatoms. The minimum atomic E-state index is -0.155. The monoisotopic (exact) mass is 240 g/mol. The third kappa shape index (κ3) is 5.39. The Morgan fingerprint density at radius 3 is 2.60 bits per heavy atom. The van der Waals surface area contributed by atoms with E-state index in [2.05, 4.69) is 10.9 Å². The van der Waals surface area contributed by atoms with Crippen molar-refractivity contribution < 1.29 is 4.79 Å². The number of amides is 1. The number of thiocarbonyl (C=S) groups is 1. The second-order valence-corrected chi connectivity index (χ2v) is 4.52. The molecule has 0 spiro atoms. The molecule has 15 heavy (non-hydrogen) atoms. The number of rotatable bonds is 2. The highest BCUT2D eigenvalue weighted by Crippen LogP contribution is 2.11. The largest absolute Gasteiger partial charge is 0.283 e. The molecular weight excluding hydrogens is 228 g/mol. The lowest BCUT2D eigenvalue weighted by molar-refractivity contribution is -0.119. The van der Waals surface area contributed by atoms with Gasteiger partial charge in [-0.05, 0) is 5.56 Å². The maximum atomic E-state index is 10.6. The first-order valence-corrected chi connectivity index (χ1v) is 5.81. The molecule has 0 radical (unpaired) electrons. The second-order valence-electron chi connectivity index (χ2n) is 2.87. The molecule has 0 aliphatic carbocycles. The zero-order chi connectivity index (χ0) is 11.1. The van der Waals surface area contributed by atoms with E-state index in [9.17, 15) is 4.79 Å². The normalized spacial score (nSPS) is 9.40. The van der Waals surface area contributed by atoms with Crippen LogP contribution in [0.15, 0.2) is 30.3 Å². The molecule has 0 aliphatic rings. The average Bonchev–Trinajstić information content (AvgIpc) is 2.25. The lowest BCUT2D eigenvalue weighted by Crippen LogP contribution is -2.37. The SMILES string of the molecule is CC(=O)NNC(=S)SCc1ccccc1. The number of hydrogen-bond acceptors (Lipinski definition) is 3. The molecule has 2 N–H and O–H groups in total. The van der Waals surface area contributed by atoms with Crippen molar-refractivity contribution in [3.8, 4) is 0 Å². The Kier molecular flexibility index (Phi) is 5.14. The number of thioether (sulfide) groups is 1. The zero-order valence-corrected chi connectivity index (χ0v) is 9.95. The van der Waals surface area contributed by atoms with Crippen LogP contribution in [0.25, 0.3) is 0 Å². The summed E-state index contributed by atoms with van der Waals surface area (Å²) in [6, 6.07) is 10.0. The molecule has 1 aromatic carbocycles. The first-order valence-electron chi connectivity index (χ1n) is 4.42. The maximum Gasteiger partial charge on any atom is 0.235 e. The number of benzene rings is 1. The van der Waals surface area contributed by atoms with Gasteiger partial charge in [-0.15, -0.1) is 0 Å². The summed E-state index contributed by atoms with van der Waals surface area (Å²) >= 11 is 6.49. The van der Waals surface area contributed by atoms with Crippen molar-refractivity contribution in [2.75, 3.05) is 0 Å². The predicted molar refractivity (Wildman–Crippen MR) is 67.3 cm³/mol. The van der Waals surface area contributed by atoms with Crippen molar-refractivity contribution in [1.82, 2.24) is 10.9 Å².